The molecule has 3 N–H and O–H groups in total. The number of carboxylic acid groups (broad SMARTS) is 1. The number of hydrogen-bond donors (Lipinski definition) is 2. The van der Waals surface area contributed by atoms with E-state index < -0.39 is 11.9 Å². The molecule has 0 aromatic carbocycles. The average molecular weight is 270 g/mol. The van der Waals surface area contributed by atoms with Gasteiger partial charge in [-0.2, -0.15) is 0 Å². The van der Waals surface area contributed by atoms with Crippen LogP contribution in [0.2, 0.25) is 0 Å². The van der Waals surface area contributed by atoms with Crippen molar-refractivity contribution in [2.24, 2.45) is 17.1 Å². The van der Waals surface area contributed by atoms with Gasteiger partial charge in [0.15, 0.2) is 0 Å². The van der Waals surface area contributed by atoms with Crippen LogP contribution in [0.15, 0.2) is 0 Å². The van der Waals surface area contributed by atoms with E-state index in [4.69, 9.17) is 10.8 Å². The Hall–Kier alpha value is -1.10. The first kappa shape index (κ1) is 16.0. The van der Waals surface area contributed by atoms with Gasteiger partial charge in [0.05, 0.1) is 5.92 Å². The number of likely N-dealkylation sites (tertiary alicyclic amines) is 1. The third kappa shape index (κ3) is 5.59. The fourth-order valence-electron chi connectivity index (χ4n) is 2.62. The molecule has 1 aliphatic rings. The highest BCUT2D eigenvalue weighted by Crippen LogP contribution is 2.22. The zero-order chi connectivity index (χ0) is 14.6. The predicted octanol–water partition coefficient (Wildman–Crippen LogP) is 1.46. The minimum absolute atomic E-state index is 0.0114. The lowest BCUT2D eigenvalue weighted by Gasteiger charge is -2.32. The molecular formula is C14H26N2O3. The molecule has 19 heavy (non-hydrogen) atoms. The number of hydrogen-bond acceptors (Lipinski definition) is 3. The van der Waals surface area contributed by atoms with Gasteiger partial charge >= 0.3 is 5.97 Å². The van der Waals surface area contributed by atoms with Gasteiger partial charge in [0, 0.05) is 25.6 Å². The summed E-state index contributed by atoms with van der Waals surface area (Å²) in [5.41, 5.74) is 6.10. The normalized spacial score (nSPS) is 22.1. The first-order valence-corrected chi connectivity index (χ1v) is 6.95. The van der Waals surface area contributed by atoms with Gasteiger partial charge in [0.1, 0.15) is 0 Å². The van der Waals surface area contributed by atoms with E-state index in [1.165, 1.54) is 0 Å². The summed E-state index contributed by atoms with van der Waals surface area (Å²) < 4.78 is 0. The first-order valence-electron chi connectivity index (χ1n) is 6.95. The Morgan fingerprint density at radius 3 is 2.58 bits per heavy atom. The lowest BCUT2D eigenvalue weighted by atomic mass is 9.87. The Labute approximate surface area is 115 Å². The highest BCUT2D eigenvalue weighted by Gasteiger charge is 2.29. The monoisotopic (exact) mass is 270 g/mol. The summed E-state index contributed by atoms with van der Waals surface area (Å²) in [5, 5.41) is 9.01. The van der Waals surface area contributed by atoms with Gasteiger partial charge in [-0.1, -0.05) is 20.8 Å². The van der Waals surface area contributed by atoms with Gasteiger partial charge in [0.25, 0.3) is 0 Å². The van der Waals surface area contributed by atoms with Gasteiger partial charge in [-0.05, 0) is 24.7 Å². The van der Waals surface area contributed by atoms with Crippen LogP contribution in [0.5, 0.6) is 0 Å². The quantitative estimate of drug-likeness (QED) is 0.810. The molecule has 2 atom stereocenters. The van der Waals surface area contributed by atoms with Crippen LogP contribution in [0, 0.1) is 11.3 Å². The lowest BCUT2D eigenvalue weighted by Crippen LogP contribution is -2.44. The van der Waals surface area contributed by atoms with Crippen molar-refractivity contribution in [2.75, 3.05) is 13.1 Å². The number of amides is 1. The predicted molar refractivity (Wildman–Crippen MR) is 73.6 cm³/mol. The molecule has 0 saturated carbocycles. The molecule has 1 saturated heterocycles. The van der Waals surface area contributed by atoms with E-state index in [2.05, 4.69) is 20.8 Å². The van der Waals surface area contributed by atoms with Gasteiger partial charge < -0.3 is 15.7 Å². The molecule has 0 aliphatic carbocycles. The van der Waals surface area contributed by atoms with Gasteiger partial charge in [0.2, 0.25) is 5.91 Å². The Kier molecular flexibility index (Phi) is 5.35. The highest BCUT2D eigenvalue weighted by molar-refractivity contribution is 5.78. The number of piperidine rings is 1. The topological polar surface area (TPSA) is 83.6 Å². The minimum atomic E-state index is -0.809. The van der Waals surface area contributed by atoms with Crippen LogP contribution >= 0.6 is 0 Å². The second-order valence-electron chi connectivity index (χ2n) is 6.75. The van der Waals surface area contributed by atoms with Gasteiger partial charge in [-0.25, -0.2) is 0 Å². The maximum Gasteiger partial charge on any atom is 0.308 e. The molecule has 0 aromatic heterocycles. The van der Waals surface area contributed by atoms with Crippen molar-refractivity contribution in [1.29, 1.82) is 0 Å². The maximum atomic E-state index is 12.1. The number of carbonyl (C=O) groups is 2. The molecule has 0 spiro atoms. The zero-order valence-corrected chi connectivity index (χ0v) is 12.2. The fraction of sp³-hybridized carbons (Fsp3) is 0.857. The zero-order valence-electron chi connectivity index (χ0n) is 12.2. The Bertz CT molecular complexity index is 336. The number of carboxylic acids is 1. The van der Waals surface area contributed by atoms with Crippen LogP contribution in [-0.2, 0) is 9.59 Å². The van der Waals surface area contributed by atoms with Crippen LogP contribution in [0.1, 0.15) is 46.5 Å². The molecule has 1 heterocycles. The molecule has 5 heteroatoms. The average Bonchev–Trinajstić information content (AvgIpc) is 2.26. The number of rotatable bonds is 4. The summed E-state index contributed by atoms with van der Waals surface area (Å²) >= 11 is 0. The summed E-state index contributed by atoms with van der Waals surface area (Å²) in [4.78, 5) is 24.7. The summed E-state index contributed by atoms with van der Waals surface area (Å²) in [6, 6.07) is -0.155. The smallest absolute Gasteiger partial charge is 0.308 e. The number of aliphatic carboxylic acids is 1. The van der Waals surface area contributed by atoms with Crippen LogP contribution in [0.25, 0.3) is 0 Å². The largest absolute Gasteiger partial charge is 0.481 e. The maximum absolute atomic E-state index is 12.1. The molecule has 5 nitrogen and oxygen atoms in total. The minimum Gasteiger partial charge on any atom is -0.481 e. The SMILES string of the molecule is CC(C)(C)CC(N)CC(=O)N1CCC[C@@H](C(=O)O)C1. The van der Waals surface area contributed by atoms with E-state index in [0.717, 1.165) is 12.8 Å². The van der Waals surface area contributed by atoms with Crippen molar-refractivity contribution in [1.82, 2.24) is 4.90 Å². The molecule has 0 bridgehead atoms. The van der Waals surface area contributed by atoms with E-state index in [0.29, 0.717) is 25.9 Å². The molecule has 0 radical (unpaired) electrons. The van der Waals surface area contributed by atoms with Crippen molar-refractivity contribution >= 4 is 11.9 Å². The van der Waals surface area contributed by atoms with E-state index in [1.807, 2.05) is 0 Å². The molecule has 110 valence electrons. The van der Waals surface area contributed by atoms with Gasteiger partial charge in [-0.15, -0.1) is 0 Å². The van der Waals surface area contributed by atoms with Crippen LogP contribution in [0.3, 0.4) is 0 Å². The summed E-state index contributed by atoms with van der Waals surface area (Å²) in [6.45, 7) is 7.28. The second kappa shape index (κ2) is 6.37. The van der Waals surface area contributed by atoms with E-state index in [-0.39, 0.29) is 17.4 Å². The van der Waals surface area contributed by atoms with Crippen LogP contribution < -0.4 is 5.73 Å². The summed E-state index contributed by atoms with van der Waals surface area (Å²) in [5.74, 6) is -1.24. The van der Waals surface area contributed by atoms with Crippen molar-refractivity contribution in [3.63, 3.8) is 0 Å². The number of nitrogens with zero attached hydrogens (tertiary/aromatic N) is 1. The van der Waals surface area contributed by atoms with E-state index >= 15 is 0 Å². The van der Waals surface area contributed by atoms with Crippen molar-refractivity contribution in [3.05, 3.63) is 0 Å². The molecule has 1 amide bonds. The summed E-state index contributed by atoms with van der Waals surface area (Å²) in [7, 11) is 0. The Morgan fingerprint density at radius 1 is 1.42 bits per heavy atom. The van der Waals surface area contributed by atoms with Crippen molar-refractivity contribution in [2.45, 2.75) is 52.5 Å². The van der Waals surface area contributed by atoms with Crippen LogP contribution in [0.4, 0.5) is 0 Å². The molecule has 1 rings (SSSR count). The van der Waals surface area contributed by atoms with E-state index in [9.17, 15) is 9.59 Å². The fourth-order valence-corrected chi connectivity index (χ4v) is 2.62. The van der Waals surface area contributed by atoms with Crippen LogP contribution in [-0.4, -0.2) is 41.0 Å². The summed E-state index contributed by atoms with van der Waals surface area (Å²) in [6.07, 6.45) is 2.52. The van der Waals surface area contributed by atoms with E-state index in [1.54, 1.807) is 4.90 Å². The molecule has 1 aliphatic heterocycles. The highest BCUT2D eigenvalue weighted by atomic mass is 16.4. The number of carbonyl (C=O) groups excluding carboxylic acids is 1. The lowest BCUT2D eigenvalue weighted by molar-refractivity contribution is -0.145. The first-order chi connectivity index (χ1) is 8.69. The van der Waals surface area contributed by atoms with Crippen molar-refractivity contribution in [3.8, 4) is 0 Å². The third-order valence-electron chi connectivity index (χ3n) is 3.43. The van der Waals surface area contributed by atoms with Gasteiger partial charge in [-0.3, -0.25) is 9.59 Å². The Balaban J connectivity index is 2.47. The number of nitrogens with two attached hydrogens (primary N) is 1. The molecule has 1 fully saturated rings. The van der Waals surface area contributed by atoms with Crippen molar-refractivity contribution < 1.29 is 14.7 Å². The Morgan fingerprint density at radius 2 is 2.05 bits per heavy atom. The second-order valence-corrected chi connectivity index (χ2v) is 6.75. The third-order valence-corrected chi connectivity index (χ3v) is 3.43. The molecular weight excluding hydrogens is 244 g/mol. The molecule has 1 unspecified atom stereocenters. The molecule has 0 aromatic rings. The standard InChI is InChI=1S/C14H26N2O3/c1-14(2,3)8-11(15)7-12(17)16-6-4-5-10(9-16)13(18)19/h10-11H,4-9,15H2,1-3H3,(H,18,19)/t10-,11?/m1/s1.